The van der Waals surface area contributed by atoms with Crippen LogP contribution in [-0.4, -0.2) is 53.7 Å². The van der Waals surface area contributed by atoms with Gasteiger partial charge in [0, 0.05) is 26.3 Å². The van der Waals surface area contributed by atoms with Crippen molar-refractivity contribution >= 4 is 21.6 Å². The van der Waals surface area contributed by atoms with E-state index < -0.39 is 16.3 Å². The number of methoxy groups -OCH3 is 2. The molecule has 128 valence electrons. The summed E-state index contributed by atoms with van der Waals surface area (Å²) in [6, 6.07) is 6.54. The van der Waals surface area contributed by atoms with E-state index in [-0.39, 0.29) is 18.2 Å². The zero-order valence-electron chi connectivity index (χ0n) is 13.3. The average Bonchev–Trinajstić information content (AvgIpc) is 2.55. The number of amides is 1. The lowest BCUT2D eigenvalue weighted by atomic mass is 10.2. The van der Waals surface area contributed by atoms with Crippen LogP contribution in [0.15, 0.2) is 24.3 Å². The van der Waals surface area contributed by atoms with Gasteiger partial charge in [0.2, 0.25) is 10.0 Å². The molecule has 1 aliphatic rings. The number of hydrogen-bond donors (Lipinski definition) is 1. The highest BCUT2D eigenvalue weighted by atomic mass is 32.2. The quantitative estimate of drug-likeness (QED) is 0.779. The first kappa shape index (κ1) is 17.7. The molecule has 1 aromatic carbocycles. The summed E-state index contributed by atoms with van der Waals surface area (Å²) in [5.41, 5.74) is 1.04. The predicted octanol–water partition coefficient (Wildman–Crippen LogP) is 0.965. The average molecular weight is 342 g/mol. The molecule has 0 atom stereocenters. The van der Waals surface area contributed by atoms with E-state index in [9.17, 15) is 13.2 Å². The Balaban J connectivity index is 2.03. The van der Waals surface area contributed by atoms with Crippen LogP contribution in [0.1, 0.15) is 23.2 Å². The van der Waals surface area contributed by atoms with Crippen LogP contribution in [0, 0.1) is 0 Å². The molecule has 1 aliphatic heterocycles. The van der Waals surface area contributed by atoms with Gasteiger partial charge >= 0.3 is 0 Å². The summed E-state index contributed by atoms with van der Waals surface area (Å²) in [5.74, 6) is -0.0952. The SMILES string of the molecule is COC(CNC(=O)c1ccc(N2CCCCS2(=O)=O)cc1)OC. The Labute approximate surface area is 136 Å². The van der Waals surface area contributed by atoms with Gasteiger partial charge in [-0.3, -0.25) is 9.10 Å². The second kappa shape index (κ2) is 7.76. The third kappa shape index (κ3) is 4.43. The number of rotatable bonds is 6. The topological polar surface area (TPSA) is 84.9 Å². The molecule has 0 bridgehead atoms. The summed E-state index contributed by atoms with van der Waals surface area (Å²) in [6.45, 7) is 0.714. The van der Waals surface area contributed by atoms with Gasteiger partial charge in [0.15, 0.2) is 6.29 Å². The zero-order valence-corrected chi connectivity index (χ0v) is 14.1. The van der Waals surface area contributed by atoms with E-state index in [0.717, 1.165) is 6.42 Å². The van der Waals surface area contributed by atoms with Crippen molar-refractivity contribution in [3.63, 3.8) is 0 Å². The number of anilines is 1. The minimum Gasteiger partial charge on any atom is -0.354 e. The number of ether oxygens (including phenoxy) is 2. The molecule has 23 heavy (non-hydrogen) atoms. The van der Waals surface area contributed by atoms with Crippen molar-refractivity contribution < 1.29 is 22.7 Å². The molecule has 2 rings (SSSR count). The van der Waals surface area contributed by atoms with Crippen LogP contribution < -0.4 is 9.62 Å². The predicted molar refractivity (Wildman–Crippen MR) is 86.9 cm³/mol. The molecule has 1 amide bonds. The van der Waals surface area contributed by atoms with E-state index in [1.807, 2.05) is 0 Å². The summed E-state index contributed by atoms with van der Waals surface area (Å²) >= 11 is 0. The minimum absolute atomic E-state index is 0.171. The van der Waals surface area contributed by atoms with Gasteiger partial charge in [0.05, 0.1) is 18.0 Å². The van der Waals surface area contributed by atoms with E-state index >= 15 is 0 Å². The molecule has 1 aromatic rings. The molecule has 0 spiro atoms. The molecule has 7 nitrogen and oxygen atoms in total. The molecule has 0 radical (unpaired) electrons. The normalized spacial score (nSPS) is 17.3. The van der Waals surface area contributed by atoms with Gasteiger partial charge in [-0.15, -0.1) is 0 Å². The van der Waals surface area contributed by atoms with E-state index in [0.29, 0.717) is 24.2 Å². The Morgan fingerprint density at radius 3 is 2.43 bits per heavy atom. The maximum atomic E-state index is 12.1. The number of hydrogen-bond acceptors (Lipinski definition) is 5. The fourth-order valence-corrected chi connectivity index (χ4v) is 4.04. The summed E-state index contributed by atoms with van der Waals surface area (Å²) in [7, 11) is -0.250. The van der Waals surface area contributed by atoms with Gasteiger partial charge in [-0.2, -0.15) is 0 Å². The molecule has 0 aromatic heterocycles. The van der Waals surface area contributed by atoms with Crippen LogP contribution in [0.25, 0.3) is 0 Å². The van der Waals surface area contributed by atoms with E-state index in [4.69, 9.17) is 9.47 Å². The summed E-state index contributed by atoms with van der Waals surface area (Å²) in [6.07, 6.45) is 1.04. The molecule has 0 aliphatic carbocycles. The van der Waals surface area contributed by atoms with Gasteiger partial charge in [0.1, 0.15) is 0 Å². The van der Waals surface area contributed by atoms with Crippen molar-refractivity contribution in [3.05, 3.63) is 29.8 Å². The monoisotopic (exact) mass is 342 g/mol. The Morgan fingerprint density at radius 2 is 1.87 bits per heavy atom. The summed E-state index contributed by atoms with van der Waals surface area (Å²) in [4.78, 5) is 12.0. The Morgan fingerprint density at radius 1 is 1.22 bits per heavy atom. The second-order valence-corrected chi connectivity index (χ2v) is 7.27. The van der Waals surface area contributed by atoms with E-state index in [2.05, 4.69) is 5.32 Å². The van der Waals surface area contributed by atoms with Crippen LogP contribution in [0.5, 0.6) is 0 Å². The Hall–Kier alpha value is -1.64. The maximum Gasteiger partial charge on any atom is 0.251 e. The first-order chi connectivity index (χ1) is 11.0. The van der Waals surface area contributed by atoms with Gasteiger partial charge in [-0.05, 0) is 37.1 Å². The fraction of sp³-hybridized carbons (Fsp3) is 0.533. The molecular weight excluding hydrogens is 320 g/mol. The van der Waals surface area contributed by atoms with Crippen LogP contribution in [0.2, 0.25) is 0 Å². The Kier molecular flexibility index (Phi) is 5.97. The first-order valence-electron chi connectivity index (χ1n) is 7.42. The molecule has 1 heterocycles. The van der Waals surface area contributed by atoms with Crippen molar-refractivity contribution in [2.75, 3.05) is 37.4 Å². The molecule has 1 saturated heterocycles. The fourth-order valence-electron chi connectivity index (χ4n) is 2.40. The molecular formula is C15H22N2O5S. The molecule has 0 saturated carbocycles. The van der Waals surface area contributed by atoms with Crippen molar-refractivity contribution in [2.45, 2.75) is 19.1 Å². The van der Waals surface area contributed by atoms with Gasteiger partial charge in [-0.25, -0.2) is 8.42 Å². The number of nitrogens with one attached hydrogen (secondary N) is 1. The van der Waals surface area contributed by atoms with Gasteiger partial charge in [0.25, 0.3) is 5.91 Å². The third-order valence-corrected chi connectivity index (χ3v) is 5.59. The maximum absolute atomic E-state index is 12.1. The van der Waals surface area contributed by atoms with Crippen LogP contribution in [-0.2, 0) is 19.5 Å². The van der Waals surface area contributed by atoms with Crippen LogP contribution in [0.4, 0.5) is 5.69 Å². The smallest absolute Gasteiger partial charge is 0.251 e. The van der Waals surface area contributed by atoms with Gasteiger partial charge in [-0.1, -0.05) is 0 Å². The highest BCUT2D eigenvalue weighted by Gasteiger charge is 2.26. The zero-order chi connectivity index (χ0) is 16.9. The molecule has 1 fully saturated rings. The lowest BCUT2D eigenvalue weighted by molar-refractivity contribution is -0.0974. The van der Waals surface area contributed by atoms with Crippen molar-refractivity contribution in [2.24, 2.45) is 0 Å². The second-order valence-electron chi connectivity index (χ2n) is 5.25. The summed E-state index contributed by atoms with van der Waals surface area (Å²) in [5, 5.41) is 2.70. The lowest BCUT2D eigenvalue weighted by Crippen LogP contribution is -2.38. The first-order valence-corrected chi connectivity index (χ1v) is 9.03. The van der Waals surface area contributed by atoms with E-state index in [1.54, 1.807) is 24.3 Å². The van der Waals surface area contributed by atoms with Gasteiger partial charge < -0.3 is 14.8 Å². The standard InChI is InChI=1S/C15H22N2O5S/c1-21-14(22-2)11-16-15(18)12-5-7-13(8-6-12)17-9-3-4-10-23(17,19)20/h5-8,14H,3-4,9-11H2,1-2H3,(H,16,18). The van der Waals surface area contributed by atoms with Crippen molar-refractivity contribution in [3.8, 4) is 0 Å². The van der Waals surface area contributed by atoms with Crippen molar-refractivity contribution in [1.29, 1.82) is 0 Å². The minimum atomic E-state index is -3.24. The lowest BCUT2D eigenvalue weighted by Gasteiger charge is -2.28. The number of benzene rings is 1. The summed E-state index contributed by atoms with van der Waals surface area (Å²) < 4.78 is 35.5. The molecule has 8 heteroatoms. The van der Waals surface area contributed by atoms with Crippen LogP contribution >= 0.6 is 0 Å². The van der Waals surface area contributed by atoms with E-state index in [1.165, 1.54) is 18.5 Å². The number of nitrogens with zero attached hydrogens (tertiary/aromatic N) is 1. The molecule has 0 unspecified atom stereocenters. The number of carbonyl (C=O) groups is 1. The Bertz CT molecular complexity index is 626. The number of carbonyl (C=O) groups excluding carboxylic acids is 1. The third-order valence-electron chi connectivity index (χ3n) is 3.72. The van der Waals surface area contributed by atoms with Crippen molar-refractivity contribution in [1.82, 2.24) is 5.32 Å². The largest absolute Gasteiger partial charge is 0.354 e. The van der Waals surface area contributed by atoms with Crippen LogP contribution in [0.3, 0.4) is 0 Å². The number of sulfonamides is 1. The highest BCUT2D eigenvalue weighted by Crippen LogP contribution is 2.23. The molecule has 1 N–H and O–H groups in total. The highest BCUT2D eigenvalue weighted by molar-refractivity contribution is 7.92.